The largest absolute Gasteiger partial charge is 0.377 e. The van der Waals surface area contributed by atoms with Crippen LogP contribution in [0.3, 0.4) is 0 Å². The molecule has 0 atom stereocenters. The van der Waals surface area contributed by atoms with Crippen molar-refractivity contribution in [2.75, 3.05) is 18.4 Å². The monoisotopic (exact) mass is 404 g/mol. The number of anilines is 1. The molecule has 1 N–H and O–H groups in total. The van der Waals surface area contributed by atoms with Gasteiger partial charge < -0.3 is 10.2 Å². The van der Waals surface area contributed by atoms with Crippen LogP contribution in [0, 0.1) is 10.1 Å². The maximum atomic E-state index is 12.5. The Balaban J connectivity index is 1.36. The highest BCUT2D eigenvalue weighted by atomic mass is 16.6. The smallest absolute Gasteiger partial charge is 0.301 e. The Bertz CT molecular complexity index is 1050. The number of rotatable bonds is 6. The molecule has 0 bridgehead atoms. The highest BCUT2D eigenvalue weighted by Gasteiger charge is 2.25. The van der Waals surface area contributed by atoms with Crippen molar-refractivity contribution in [1.29, 1.82) is 0 Å². The molecule has 1 aliphatic heterocycles. The summed E-state index contributed by atoms with van der Waals surface area (Å²) in [4.78, 5) is 30.0. The van der Waals surface area contributed by atoms with Crippen molar-refractivity contribution in [3.05, 3.63) is 76.5 Å². The molecule has 1 fully saturated rings. The minimum atomic E-state index is -0.353. The first-order chi connectivity index (χ1) is 14.6. The number of carbonyl (C=O) groups excluding carboxylic acids is 1. The first-order valence-electron chi connectivity index (χ1n) is 10.2. The van der Waals surface area contributed by atoms with Crippen molar-refractivity contribution in [3.8, 4) is 0 Å². The number of likely N-dealkylation sites (tertiary alicyclic amines) is 1. The topological polar surface area (TPSA) is 88.4 Å². The fourth-order valence-corrected chi connectivity index (χ4v) is 4.00. The number of aromatic nitrogens is 1. The summed E-state index contributed by atoms with van der Waals surface area (Å²) >= 11 is 0. The Labute approximate surface area is 174 Å². The second-order valence-corrected chi connectivity index (χ2v) is 7.57. The summed E-state index contributed by atoms with van der Waals surface area (Å²) < 4.78 is 0. The number of hydrogen-bond acceptors (Lipinski definition) is 5. The van der Waals surface area contributed by atoms with Crippen LogP contribution in [0.1, 0.15) is 24.8 Å². The third kappa shape index (κ3) is 4.40. The molecule has 7 nitrogen and oxygen atoms in total. The zero-order chi connectivity index (χ0) is 20.9. The van der Waals surface area contributed by atoms with Gasteiger partial charge in [-0.2, -0.15) is 0 Å². The Morgan fingerprint density at radius 3 is 2.60 bits per heavy atom. The summed E-state index contributed by atoms with van der Waals surface area (Å²) in [6.07, 6.45) is 4.41. The molecular weight excluding hydrogens is 380 g/mol. The zero-order valence-corrected chi connectivity index (χ0v) is 16.7. The van der Waals surface area contributed by atoms with Gasteiger partial charge >= 0.3 is 5.69 Å². The van der Waals surface area contributed by atoms with Crippen LogP contribution < -0.4 is 5.32 Å². The number of fused-ring (bicyclic) bond motifs is 1. The fourth-order valence-electron chi connectivity index (χ4n) is 4.00. The Hall–Kier alpha value is -3.48. The molecule has 0 unspecified atom stereocenters. The van der Waals surface area contributed by atoms with E-state index in [2.05, 4.69) is 10.3 Å². The quantitative estimate of drug-likeness (QED) is 0.492. The highest BCUT2D eigenvalue weighted by molar-refractivity contribution is 5.94. The van der Waals surface area contributed by atoms with Crippen molar-refractivity contribution in [2.45, 2.75) is 31.7 Å². The van der Waals surface area contributed by atoms with Crippen LogP contribution in [0.15, 0.2) is 60.8 Å². The van der Waals surface area contributed by atoms with Crippen LogP contribution >= 0.6 is 0 Å². The number of amides is 1. The number of carbonyl (C=O) groups is 1. The molecule has 1 aliphatic rings. The predicted octanol–water partition coefficient (Wildman–Crippen LogP) is 4.18. The number of piperidine rings is 1. The first-order valence-corrected chi connectivity index (χ1v) is 10.2. The lowest BCUT2D eigenvalue weighted by Gasteiger charge is -2.33. The molecule has 4 rings (SSSR count). The lowest BCUT2D eigenvalue weighted by Crippen LogP contribution is -2.42. The van der Waals surface area contributed by atoms with Crippen LogP contribution in [0.25, 0.3) is 10.9 Å². The fraction of sp³-hybridized carbons (Fsp3) is 0.304. The predicted molar refractivity (Wildman–Crippen MR) is 116 cm³/mol. The summed E-state index contributed by atoms with van der Waals surface area (Å²) in [5.41, 5.74) is 2.34. The van der Waals surface area contributed by atoms with Gasteiger partial charge in [0, 0.05) is 31.7 Å². The summed E-state index contributed by atoms with van der Waals surface area (Å²) in [7, 11) is 0. The Morgan fingerprint density at radius 2 is 1.87 bits per heavy atom. The number of aryl methyl sites for hydroxylation is 1. The van der Waals surface area contributed by atoms with Gasteiger partial charge in [0.1, 0.15) is 5.69 Å². The van der Waals surface area contributed by atoms with Gasteiger partial charge in [-0.15, -0.1) is 0 Å². The standard InChI is InChI=1S/C23H24N4O3/c28-22(11-8-17-5-2-1-3-6-17)26-15-12-18(13-16-26)25-21-10-9-20-19(7-4-14-24-20)23(21)27(29)30/h1-7,9-10,14,18,25H,8,11-13,15-16H2. The van der Waals surface area contributed by atoms with E-state index >= 15 is 0 Å². The second-order valence-electron chi connectivity index (χ2n) is 7.57. The molecular formula is C23H24N4O3. The van der Waals surface area contributed by atoms with Crippen molar-refractivity contribution in [1.82, 2.24) is 9.88 Å². The van der Waals surface area contributed by atoms with E-state index in [-0.39, 0.29) is 22.6 Å². The minimum Gasteiger partial charge on any atom is -0.377 e. The van der Waals surface area contributed by atoms with Gasteiger partial charge in [0.2, 0.25) is 5.91 Å². The zero-order valence-electron chi connectivity index (χ0n) is 16.7. The maximum absolute atomic E-state index is 12.5. The van der Waals surface area contributed by atoms with E-state index in [1.807, 2.05) is 35.2 Å². The normalized spacial score (nSPS) is 14.6. The Kier molecular flexibility index (Phi) is 5.88. The molecule has 2 heterocycles. The number of nitrogens with zero attached hydrogens (tertiary/aromatic N) is 3. The van der Waals surface area contributed by atoms with Gasteiger partial charge in [-0.25, -0.2) is 0 Å². The van der Waals surface area contributed by atoms with E-state index in [1.54, 1.807) is 30.5 Å². The lowest BCUT2D eigenvalue weighted by molar-refractivity contribution is -0.382. The molecule has 0 aliphatic carbocycles. The molecule has 0 saturated carbocycles. The number of nitro groups is 1. The number of benzene rings is 2. The van der Waals surface area contributed by atoms with Crippen molar-refractivity contribution in [2.24, 2.45) is 0 Å². The molecule has 0 spiro atoms. The average molecular weight is 404 g/mol. The van der Waals surface area contributed by atoms with Crippen molar-refractivity contribution < 1.29 is 9.72 Å². The van der Waals surface area contributed by atoms with Crippen LogP contribution in [0.2, 0.25) is 0 Å². The SMILES string of the molecule is O=C(CCc1ccccc1)N1CCC(Nc2ccc3ncccc3c2[N+](=O)[O-])CC1. The van der Waals surface area contributed by atoms with Crippen LogP contribution in [-0.4, -0.2) is 39.8 Å². The molecule has 7 heteroatoms. The molecule has 1 aromatic heterocycles. The number of hydrogen-bond donors (Lipinski definition) is 1. The first kappa shape index (κ1) is 19.8. The molecule has 1 saturated heterocycles. The lowest BCUT2D eigenvalue weighted by atomic mass is 10.0. The third-order valence-electron chi connectivity index (χ3n) is 5.62. The number of pyridine rings is 1. The van der Waals surface area contributed by atoms with Crippen LogP contribution in [0.5, 0.6) is 0 Å². The highest BCUT2D eigenvalue weighted by Crippen LogP contribution is 2.33. The molecule has 30 heavy (non-hydrogen) atoms. The van der Waals surface area contributed by atoms with E-state index in [9.17, 15) is 14.9 Å². The maximum Gasteiger partial charge on any atom is 0.301 e. The number of nitrogens with one attached hydrogen (secondary N) is 1. The summed E-state index contributed by atoms with van der Waals surface area (Å²) in [6.45, 7) is 1.32. The van der Waals surface area contributed by atoms with E-state index in [1.165, 1.54) is 5.56 Å². The van der Waals surface area contributed by atoms with E-state index in [0.717, 1.165) is 19.3 Å². The van der Waals surface area contributed by atoms with E-state index < -0.39 is 0 Å². The molecule has 3 aromatic rings. The Morgan fingerprint density at radius 1 is 1.10 bits per heavy atom. The van der Waals surface area contributed by atoms with Gasteiger partial charge in [-0.1, -0.05) is 30.3 Å². The summed E-state index contributed by atoms with van der Waals surface area (Å²) in [5, 5.41) is 15.6. The van der Waals surface area contributed by atoms with E-state index in [0.29, 0.717) is 36.1 Å². The van der Waals surface area contributed by atoms with Gasteiger partial charge in [-0.05, 0) is 49.1 Å². The van der Waals surface area contributed by atoms with Gasteiger partial charge in [-0.3, -0.25) is 19.9 Å². The van der Waals surface area contributed by atoms with Crippen molar-refractivity contribution in [3.63, 3.8) is 0 Å². The van der Waals surface area contributed by atoms with Gasteiger partial charge in [0.05, 0.1) is 15.8 Å². The molecule has 0 radical (unpaired) electrons. The summed E-state index contributed by atoms with van der Waals surface area (Å²) in [6, 6.07) is 17.1. The van der Waals surface area contributed by atoms with Gasteiger partial charge in [0.15, 0.2) is 0 Å². The van der Waals surface area contributed by atoms with Crippen LogP contribution in [0.4, 0.5) is 11.4 Å². The minimum absolute atomic E-state index is 0.0574. The molecule has 154 valence electrons. The van der Waals surface area contributed by atoms with Gasteiger partial charge in [0.25, 0.3) is 0 Å². The second kappa shape index (κ2) is 8.90. The summed E-state index contributed by atoms with van der Waals surface area (Å²) in [5.74, 6) is 0.167. The van der Waals surface area contributed by atoms with Crippen LogP contribution in [-0.2, 0) is 11.2 Å². The van der Waals surface area contributed by atoms with Crippen molar-refractivity contribution >= 4 is 28.2 Å². The molecule has 1 amide bonds. The molecule has 2 aromatic carbocycles. The third-order valence-corrected chi connectivity index (χ3v) is 5.62. The van der Waals surface area contributed by atoms with E-state index in [4.69, 9.17) is 0 Å². The number of nitro benzene ring substituents is 1. The average Bonchev–Trinajstić information content (AvgIpc) is 2.78.